The smallest absolute Gasteiger partial charge is 0.387 e. The largest absolute Gasteiger partial charge is 0.432 e. The fourth-order valence-corrected chi connectivity index (χ4v) is 1.91. The number of halogens is 4. The van der Waals surface area contributed by atoms with Crippen LogP contribution in [0.25, 0.3) is 0 Å². The van der Waals surface area contributed by atoms with Crippen molar-refractivity contribution in [2.24, 2.45) is 0 Å². The Bertz CT molecular complexity index is 665. The van der Waals surface area contributed by atoms with Crippen LogP contribution in [-0.2, 0) is 0 Å². The Hall–Kier alpha value is -2.08. The first-order valence-corrected chi connectivity index (χ1v) is 6.31. The maximum atomic E-state index is 13.5. The molecule has 0 aliphatic carbocycles. The summed E-state index contributed by atoms with van der Waals surface area (Å²) in [6.07, 6.45) is 0. The highest BCUT2D eigenvalue weighted by Crippen LogP contribution is 2.33. The molecule has 21 heavy (non-hydrogen) atoms. The molecule has 0 aliphatic rings. The quantitative estimate of drug-likeness (QED) is 0.803. The third-order valence-electron chi connectivity index (χ3n) is 2.79. The second kappa shape index (κ2) is 6.13. The zero-order chi connectivity index (χ0) is 15.6. The maximum Gasteiger partial charge on any atom is 0.387 e. The first-order chi connectivity index (χ1) is 9.86. The van der Waals surface area contributed by atoms with E-state index in [-0.39, 0.29) is 11.4 Å². The Kier molecular flexibility index (Phi) is 4.47. The average molecular weight is 317 g/mol. The zero-order valence-corrected chi connectivity index (χ0v) is 11.7. The summed E-state index contributed by atoms with van der Waals surface area (Å²) < 4.78 is 42.0. The number of anilines is 3. The fraction of sp³-hybridized carbons (Fsp3) is 0.143. The molecule has 3 N–H and O–H groups in total. The molecule has 7 heteroatoms. The van der Waals surface area contributed by atoms with Gasteiger partial charge in [0, 0.05) is 22.8 Å². The highest BCUT2D eigenvalue weighted by molar-refractivity contribution is 6.30. The first-order valence-electron chi connectivity index (χ1n) is 5.94. The van der Waals surface area contributed by atoms with Crippen LogP contribution < -0.4 is 15.8 Å². The van der Waals surface area contributed by atoms with Crippen molar-refractivity contribution in [3.63, 3.8) is 0 Å². The van der Waals surface area contributed by atoms with E-state index < -0.39 is 18.2 Å². The molecule has 2 aromatic rings. The van der Waals surface area contributed by atoms with E-state index in [9.17, 15) is 13.2 Å². The molecule has 0 heterocycles. The van der Waals surface area contributed by atoms with Crippen LogP contribution >= 0.6 is 11.6 Å². The highest BCUT2D eigenvalue weighted by Gasteiger charge is 2.14. The monoisotopic (exact) mass is 316 g/mol. The molecule has 2 rings (SSSR count). The summed E-state index contributed by atoms with van der Waals surface area (Å²) in [5.41, 5.74) is 7.48. The lowest BCUT2D eigenvalue weighted by Gasteiger charge is -2.14. The van der Waals surface area contributed by atoms with E-state index in [1.54, 1.807) is 18.2 Å². The number of alkyl halides is 2. The van der Waals surface area contributed by atoms with Crippen LogP contribution in [0.3, 0.4) is 0 Å². The van der Waals surface area contributed by atoms with Gasteiger partial charge in [-0.15, -0.1) is 0 Å². The van der Waals surface area contributed by atoms with Crippen molar-refractivity contribution in [3.8, 4) is 5.75 Å². The molecule has 3 nitrogen and oxygen atoms in total. The topological polar surface area (TPSA) is 47.3 Å². The lowest BCUT2D eigenvalue weighted by molar-refractivity contribution is -0.0521. The van der Waals surface area contributed by atoms with Gasteiger partial charge in [-0.2, -0.15) is 8.78 Å². The van der Waals surface area contributed by atoms with E-state index in [0.717, 1.165) is 17.7 Å². The number of ether oxygens (including phenoxy) is 1. The summed E-state index contributed by atoms with van der Waals surface area (Å²) in [6, 6.07) is 7.13. The van der Waals surface area contributed by atoms with Crippen molar-refractivity contribution in [2.75, 3.05) is 11.1 Å². The summed E-state index contributed by atoms with van der Waals surface area (Å²) in [7, 11) is 0. The van der Waals surface area contributed by atoms with Gasteiger partial charge >= 0.3 is 6.61 Å². The van der Waals surface area contributed by atoms with Gasteiger partial charge in [0.05, 0.1) is 11.4 Å². The van der Waals surface area contributed by atoms with E-state index in [1.807, 2.05) is 6.92 Å². The molecule has 0 saturated heterocycles. The molecule has 0 fully saturated rings. The van der Waals surface area contributed by atoms with Crippen molar-refractivity contribution in [1.29, 1.82) is 0 Å². The Morgan fingerprint density at radius 1 is 1.19 bits per heavy atom. The predicted octanol–water partition coefficient (Wildman–Crippen LogP) is 4.71. The van der Waals surface area contributed by atoms with E-state index in [4.69, 9.17) is 17.3 Å². The van der Waals surface area contributed by atoms with Gasteiger partial charge in [-0.25, -0.2) is 4.39 Å². The average Bonchev–Trinajstić information content (AvgIpc) is 2.39. The van der Waals surface area contributed by atoms with Gasteiger partial charge in [-0.05, 0) is 24.6 Å². The number of benzene rings is 2. The SMILES string of the molecule is Cc1ccc(Cl)cc1Nc1cc(OC(F)F)c(F)cc1N. The van der Waals surface area contributed by atoms with Crippen LogP contribution in [0.1, 0.15) is 5.56 Å². The van der Waals surface area contributed by atoms with Crippen molar-refractivity contribution < 1.29 is 17.9 Å². The molecular formula is C14H12ClF3N2O. The molecule has 0 saturated carbocycles. The van der Waals surface area contributed by atoms with Gasteiger partial charge in [0.15, 0.2) is 11.6 Å². The van der Waals surface area contributed by atoms with Crippen LogP contribution in [-0.4, -0.2) is 6.61 Å². The number of nitrogen functional groups attached to an aromatic ring is 1. The number of nitrogens with two attached hydrogens (primary N) is 1. The predicted molar refractivity (Wildman–Crippen MR) is 76.9 cm³/mol. The Morgan fingerprint density at radius 3 is 2.57 bits per heavy atom. The Morgan fingerprint density at radius 2 is 1.90 bits per heavy atom. The van der Waals surface area contributed by atoms with Crippen LogP contribution in [0.15, 0.2) is 30.3 Å². The van der Waals surface area contributed by atoms with E-state index >= 15 is 0 Å². The third-order valence-corrected chi connectivity index (χ3v) is 3.02. The molecule has 0 aliphatic heterocycles. The normalized spacial score (nSPS) is 10.8. The number of rotatable bonds is 4. The van der Waals surface area contributed by atoms with Gasteiger partial charge in [0.2, 0.25) is 0 Å². The van der Waals surface area contributed by atoms with Crippen molar-refractivity contribution in [3.05, 3.63) is 46.7 Å². The summed E-state index contributed by atoms with van der Waals surface area (Å²) in [5.74, 6) is -1.54. The van der Waals surface area contributed by atoms with Crippen LogP contribution in [0, 0.1) is 12.7 Å². The summed E-state index contributed by atoms with van der Waals surface area (Å²) in [4.78, 5) is 0. The molecule has 0 radical (unpaired) electrons. The van der Waals surface area contributed by atoms with E-state index in [0.29, 0.717) is 10.7 Å². The van der Waals surface area contributed by atoms with Gasteiger partial charge in [-0.1, -0.05) is 17.7 Å². The third kappa shape index (κ3) is 3.72. The molecular weight excluding hydrogens is 305 g/mol. The van der Waals surface area contributed by atoms with Gasteiger partial charge < -0.3 is 15.8 Å². The summed E-state index contributed by atoms with van der Waals surface area (Å²) in [5, 5.41) is 3.41. The van der Waals surface area contributed by atoms with Crippen molar-refractivity contribution in [1.82, 2.24) is 0 Å². The molecule has 0 atom stereocenters. The minimum atomic E-state index is -3.12. The minimum Gasteiger partial charge on any atom is -0.432 e. The van der Waals surface area contributed by atoms with Gasteiger partial charge in [-0.3, -0.25) is 0 Å². The lowest BCUT2D eigenvalue weighted by Crippen LogP contribution is -2.06. The molecule has 2 aromatic carbocycles. The number of hydrogen-bond donors (Lipinski definition) is 2. The van der Waals surface area contributed by atoms with E-state index in [2.05, 4.69) is 10.1 Å². The Balaban J connectivity index is 2.37. The van der Waals surface area contributed by atoms with Gasteiger partial charge in [0.1, 0.15) is 0 Å². The number of nitrogens with one attached hydrogen (secondary N) is 1. The highest BCUT2D eigenvalue weighted by atomic mass is 35.5. The Labute approximate surface area is 124 Å². The zero-order valence-electron chi connectivity index (χ0n) is 11.0. The minimum absolute atomic E-state index is 0.0634. The number of aryl methyl sites for hydroxylation is 1. The molecule has 0 spiro atoms. The first kappa shape index (κ1) is 15.3. The second-order valence-corrected chi connectivity index (χ2v) is 4.77. The van der Waals surface area contributed by atoms with Crippen molar-refractivity contribution in [2.45, 2.75) is 13.5 Å². The number of hydrogen-bond acceptors (Lipinski definition) is 3. The molecule has 0 amide bonds. The van der Waals surface area contributed by atoms with E-state index in [1.165, 1.54) is 0 Å². The maximum absolute atomic E-state index is 13.5. The lowest BCUT2D eigenvalue weighted by atomic mass is 10.1. The second-order valence-electron chi connectivity index (χ2n) is 4.33. The van der Waals surface area contributed by atoms with Crippen LogP contribution in [0.5, 0.6) is 5.75 Å². The molecule has 0 bridgehead atoms. The fourth-order valence-electron chi connectivity index (χ4n) is 1.74. The molecule has 112 valence electrons. The summed E-state index contributed by atoms with van der Waals surface area (Å²) in [6.45, 7) is -1.29. The van der Waals surface area contributed by atoms with Crippen LogP contribution in [0.2, 0.25) is 5.02 Å². The van der Waals surface area contributed by atoms with Crippen molar-refractivity contribution >= 4 is 28.7 Å². The van der Waals surface area contributed by atoms with Crippen LogP contribution in [0.4, 0.5) is 30.2 Å². The summed E-state index contributed by atoms with van der Waals surface area (Å²) >= 11 is 5.89. The van der Waals surface area contributed by atoms with Gasteiger partial charge in [0.25, 0.3) is 0 Å². The standard InChI is InChI=1S/C14H12ClF3N2O/c1-7-2-3-8(15)4-11(7)20-12-6-13(21-14(17)18)9(16)5-10(12)19/h2-6,14,20H,19H2,1H3. The molecule has 0 unspecified atom stereocenters. The molecule has 0 aromatic heterocycles.